The van der Waals surface area contributed by atoms with E-state index in [1.807, 2.05) is 24.7 Å². The second-order valence-electron chi connectivity index (χ2n) is 2.87. The van der Waals surface area contributed by atoms with Crippen LogP contribution in [0.25, 0.3) is 0 Å². The summed E-state index contributed by atoms with van der Waals surface area (Å²) in [6, 6.07) is 0. The van der Waals surface area contributed by atoms with Crippen LogP contribution in [0, 0.1) is 0 Å². The van der Waals surface area contributed by atoms with E-state index in [9.17, 15) is 8.42 Å². The molecule has 0 aliphatic heterocycles. The number of unbranched alkanes of at least 4 members (excludes halogenated alkanes) is 1. The topological polar surface area (TPSA) is 72.2 Å². The van der Waals surface area contributed by atoms with Gasteiger partial charge < -0.3 is 4.57 Å². The van der Waals surface area contributed by atoms with Gasteiger partial charge in [-0.2, -0.15) is 8.42 Å². The van der Waals surface area contributed by atoms with Gasteiger partial charge in [-0.3, -0.25) is 4.55 Å². The molecule has 1 rings (SSSR count). The fourth-order valence-electron chi connectivity index (χ4n) is 0.653. The first-order chi connectivity index (χ1) is 6.45. The van der Waals surface area contributed by atoms with Crippen LogP contribution in [-0.2, 0) is 17.2 Å². The summed E-state index contributed by atoms with van der Waals surface area (Å²) in [4.78, 5) is 3.78. The fraction of sp³-hybridized carbons (Fsp3) is 0.625. The molecule has 0 saturated heterocycles. The maximum Gasteiger partial charge on any atom is 0.264 e. The second kappa shape index (κ2) is 6.56. The van der Waals surface area contributed by atoms with Crippen LogP contribution in [-0.4, -0.2) is 28.3 Å². The lowest BCUT2D eigenvalue weighted by Gasteiger charge is -1.90. The van der Waals surface area contributed by atoms with E-state index >= 15 is 0 Å². The van der Waals surface area contributed by atoms with Crippen molar-refractivity contribution in [3.63, 3.8) is 0 Å². The van der Waals surface area contributed by atoms with Crippen molar-refractivity contribution in [1.29, 1.82) is 0 Å². The van der Waals surface area contributed by atoms with Gasteiger partial charge in [0.1, 0.15) is 0 Å². The fourth-order valence-corrected chi connectivity index (χ4v) is 1.31. The van der Waals surface area contributed by atoms with Crippen LogP contribution in [0.15, 0.2) is 18.7 Å². The summed E-state index contributed by atoms with van der Waals surface area (Å²) in [6.45, 7) is 1.87. The predicted octanol–water partition coefficient (Wildman–Crippen LogP) is 1.09. The third-order valence-corrected chi connectivity index (χ3v) is 2.20. The molecule has 0 unspecified atom stereocenters. The Morgan fingerprint density at radius 3 is 2.29 bits per heavy atom. The highest BCUT2D eigenvalue weighted by Gasteiger charge is 2.00. The van der Waals surface area contributed by atoms with Crippen LogP contribution in [0.2, 0.25) is 0 Å². The Balaban J connectivity index is 0.000000249. The van der Waals surface area contributed by atoms with E-state index in [1.54, 1.807) is 12.5 Å². The Bertz CT molecular complexity index is 318. The number of hydrogen-bond acceptors (Lipinski definition) is 3. The first-order valence-electron chi connectivity index (χ1n) is 4.33. The largest absolute Gasteiger partial charge is 0.341 e. The van der Waals surface area contributed by atoms with Crippen LogP contribution >= 0.6 is 0 Å². The van der Waals surface area contributed by atoms with Gasteiger partial charge in [-0.1, -0.05) is 13.3 Å². The number of aryl methyl sites for hydroxylation is 1. The molecule has 6 heteroatoms. The van der Waals surface area contributed by atoms with Gasteiger partial charge in [-0.05, 0) is 6.42 Å². The van der Waals surface area contributed by atoms with Gasteiger partial charge in [0.05, 0.1) is 12.1 Å². The summed E-state index contributed by atoms with van der Waals surface area (Å²) < 4.78 is 29.9. The zero-order valence-corrected chi connectivity index (χ0v) is 9.24. The van der Waals surface area contributed by atoms with E-state index in [2.05, 4.69) is 4.98 Å². The normalized spacial score (nSPS) is 10.5. The molecule has 0 aliphatic rings. The minimum atomic E-state index is -3.69. The number of imidazole rings is 1. The molecule has 0 saturated carbocycles. The molecule has 0 atom stereocenters. The molecule has 0 radical (unpaired) electrons. The summed E-state index contributed by atoms with van der Waals surface area (Å²) in [5.41, 5.74) is 0. The molecule has 1 heterocycles. The quantitative estimate of drug-likeness (QED) is 0.774. The van der Waals surface area contributed by atoms with Crippen LogP contribution < -0.4 is 0 Å². The van der Waals surface area contributed by atoms with Gasteiger partial charge in [-0.15, -0.1) is 0 Å². The summed E-state index contributed by atoms with van der Waals surface area (Å²) in [7, 11) is -1.75. The highest BCUT2D eigenvalue weighted by Crippen LogP contribution is 1.90. The SMILES string of the molecule is CCCCS(=O)(=O)O.Cn1ccnc1. The van der Waals surface area contributed by atoms with Gasteiger partial charge in [0.25, 0.3) is 10.1 Å². The molecule has 0 spiro atoms. The first-order valence-corrected chi connectivity index (χ1v) is 5.93. The summed E-state index contributed by atoms with van der Waals surface area (Å²) in [6.07, 6.45) is 6.72. The van der Waals surface area contributed by atoms with E-state index in [0.29, 0.717) is 6.42 Å². The van der Waals surface area contributed by atoms with Crippen molar-refractivity contribution in [3.8, 4) is 0 Å². The Hall–Kier alpha value is -0.880. The molecule has 0 fully saturated rings. The van der Waals surface area contributed by atoms with Gasteiger partial charge >= 0.3 is 0 Å². The number of rotatable bonds is 3. The molecule has 5 nitrogen and oxygen atoms in total. The highest BCUT2D eigenvalue weighted by atomic mass is 32.2. The van der Waals surface area contributed by atoms with Crippen LogP contribution in [0.1, 0.15) is 19.8 Å². The molecule has 1 aromatic heterocycles. The lowest BCUT2D eigenvalue weighted by Crippen LogP contribution is -2.02. The van der Waals surface area contributed by atoms with Crippen molar-refractivity contribution >= 4 is 10.1 Å². The van der Waals surface area contributed by atoms with Crippen LogP contribution in [0.4, 0.5) is 0 Å². The average molecular weight is 220 g/mol. The summed E-state index contributed by atoms with van der Waals surface area (Å²) >= 11 is 0. The van der Waals surface area contributed by atoms with Crippen LogP contribution in [0.3, 0.4) is 0 Å². The van der Waals surface area contributed by atoms with Gasteiger partial charge in [0.15, 0.2) is 0 Å². The molecule has 1 N–H and O–H groups in total. The van der Waals surface area contributed by atoms with Crippen molar-refractivity contribution in [2.45, 2.75) is 19.8 Å². The van der Waals surface area contributed by atoms with Crippen molar-refractivity contribution < 1.29 is 13.0 Å². The van der Waals surface area contributed by atoms with Gasteiger partial charge in [-0.25, -0.2) is 4.98 Å². The molecule has 0 bridgehead atoms. The molecular weight excluding hydrogens is 204 g/mol. The molecule has 1 aromatic rings. The van der Waals surface area contributed by atoms with Crippen LogP contribution in [0.5, 0.6) is 0 Å². The lowest BCUT2D eigenvalue weighted by molar-refractivity contribution is 0.480. The highest BCUT2D eigenvalue weighted by molar-refractivity contribution is 7.85. The number of hydrogen-bond donors (Lipinski definition) is 1. The maximum absolute atomic E-state index is 9.95. The summed E-state index contributed by atoms with van der Waals surface area (Å²) in [5.74, 6) is -0.108. The molecule has 14 heavy (non-hydrogen) atoms. The van der Waals surface area contributed by atoms with E-state index in [4.69, 9.17) is 4.55 Å². The van der Waals surface area contributed by atoms with Crippen molar-refractivity contribution in [2.75, 3.05) is 5.75 Å². The third-order valence-electron chi connectivity index (χ3n) is 1.39. The Labute approximate surface area is 84.5 Å². The Morgan fingerprint density at radius 2 is 2.14 bits per heavy atom. The van der Waals surface area contributed by atoms with Gasteiger partial charge in [0.2, 0.25) is 0 Å². The Morgan fingerprint density at radius 1 is 1.50 bits per heavy atom. The average Bonchev–Trinajstić information content (AvgIpc) is 2.52. The molecule has 0 aliphatic carbocycles. The molecule has 0 aromatic carbocycles. The van der Waals surface area contributed by atoms with E-state index in [-0.39, 0.29) is 5.75 Å². The lowest BCUT2D eigenvalue weighted by atomic mass is 10.4. The molecule has 0 amide bonds. The van der Waals surface area contributed by atoms with Crippen molar-refractivity contribution in [1.82, 2.24) is 9.55 Å². The number of aromatic nitrogens is 2. The minimum absolute atomic E-state index is 0.108. The third kappa shape index (κ3) is 9.21. The zero-order chi connectivity index (χ0) is 11.0. The Kier molecular flexibility index (Phi) is 6.14. The molecule has 82 valence electrons. The summed E-state index contributed by atoms with van der Waals surface area (Å²) in [5, 5.41) is 0. The van der Waals surface area contributed by atoms with E-state index < -0.39 is 10.1 Å². The van der Waals surface area contributed by atoms with Crippen molar-refractivity contribution in [2.24, 2.45) is 7.05 Å². The standard InChI is InChI=1S/C4H6N2.C4H10O3S/c1-6-3-2-5-4-6;1-2-3-4-8(5,6)7/h2-4H,1H3;2-4H2,1H3,(H,5,6,7). The second-order valence-corrected chi connectivity index (χ2v) is 4.44. The van der Waals surface area contributed by atoms with E-state index in [1.165, 1.54) is 0 Å². The predicted molar refractivity (Wildman–Crippen MR) is 54.5 cm³/mol. The van der Waals surface area contributed by atoms with Gasteiger partial charge in [0, 0.05) is 19.4 Å². The monoisotopic (exact) mass is 220 g/mol. The minimum Gasteiger partial charge on any atom is -0.341 e. The smallest absolute Gasteiger partial charge is 0.264 e. The van der Waals surface area contributed by atoms with Crippen molar-refractivity contribution in [3.05, 3.63) is 18.7 Å². The van der Waals surface area contributed by atoms with E-state index in [0.717, 1.165) is 6.42 Å². The maximum atomic E-state index is 9.95. The zero-order valence-electron chi connectivity index (χ0n) is 8.42. The number of nitrogens with zero attached hydrogens (tertiary/aromatic N) is 2. The molecular formula is C8H16N2O3S. The first kappa shape index (κ1) is 13.1.